The van der Waals surface area contributed by atoms with Gasteiger partial charge in [0.1, 0.15) is 5.75 Å². The summed E-state index contributed by atoms with van der Waals surface area (Å²) < 4.78 is 5.64. The number of rotatable bonds is 8. The van der Waals surface area contributed by atoms with Crippen LogP contribution in [0.3, 0.4) is 0 Å². The van der Waals surface area contributed by atoms with Crippen molar-refractivity contribution in [2.75, 3.05) is 13.2 Å². The third-order valence-corrected chi connectivity index (χ3v) is 2.76. The summed E-state index contributed by atoms with van der Waals surface area (Å²) in [7, 11) is 0. The quantitative estimate of drug-likeness (QED) is 0.741. The van der Waals surface area contributed by atoms with Crippen molar-refractivity contribution in [3.8, 4) is 5.75 Å². The maximum Gasteiger partial charge on any atom is 0.220 e. The van der Waals surface area contributed by atoms with Gasteiger partial charge < -0.3 is 15.8 Å². The monoisotopic (exact) mass is 250 g/mol. The van der Waals surface area contributed by atoms with E-state index < -0.39 is 0 Å². The fraction of sp³-hybridized carbons (Fsp3) is 0.500. The summed E-state index contributed by atoms with van der Waals surface area (Å²) in [5.41, 5.74) is 6.23. The molecule has 3 N–H and O–H groups in total. The first kappa shape index (κ1) is 14.5. The number of benzene rings is 1. The van der Waals surface area contributed by atoms with Gasteiger partial charge in [-0.3, -0.25) is 4.79 Å². The second-order valence-corrected chi connectivity index (χ2v) is 4.12. The molecule has 0 heterocycles. The van der Waals surface area contributed by atoms with Crippen LogP contribution in [0.25, 0.3) is 0 Å². The third-order valence-electron chi connectivity index (χ3n) is 2.76. The van der Waals surface area contributed by atoms with Crippen LogP contribution in [0.5, 0.6) is 5.75 Å². The zero-order chi connectivity index (χ0) is 13.4. The molecule has 0 bridgehead atoms. The van der Waals surface area contributed by atoms with Crippen molar-refractivity contribution in [3.05, 3.63) is 29.8 Å². The largest absolute Gasteiger partial charge is 0.493 e. The highest BCUT2D eigenvalue weighted by Crippen LogP contribution is 2.27. The molecule has 0 aliphatic carbocycles. The highest BCUT2D eigenvalue weighted by atomic mass is 16.5. The second-order valence-electron chi connectivity index (χ2n) is 4.12. The van der Waals surface area contributed by atoms with E-state index in [9.17, 15) is 4.79 Å². The minimum absolute atomic E-state index is 0.242. The molecule has 1 unspecified atom stereocenters. The zero-order valence-electron chi connectivity index (χ0n) is 11.1. The molecule has 0 radical (unpaired) electrons. The number of primary amides is 1. The summed E-state index contributed by atoms with van der Waals surface area (Å²) in [4.78, 5) is 10.7. The zero-order valence-corrected chi connectivity index (χ0v) is 11.1. The Morgan fingerprint density at radius 3 is 2.72 bits per heavy atom. The maximum atomic E-state index is 10.7. The van der Waals surface area contributed by atoms with Crippen LogP contribution in [0.1, 0.15) is 38.3 Å². The van der Waals surface area contributed by atoms with E-state index in [1.165, 1.54) is 0 Å². The molecule has 0 saturated heterocycles. The number of para-hydroxylation sites is 1. The first-order valence-corrected chi connectivity index (χ1v) is 6.42. The van der Waals surface area contributed by atoms with Gasteiger partial charge in [0.25, 0.3) is 0 Å². The summed E-state index contributed by atoms with van der Waals surface area (Å²) in [6, 6.07) is 8.19. The normalized spacial score (nSPS) is 12.1. The van der Waals surface area contributed by atoms with Gasteiger partial charge in [-0.05, 0) is 19.0 Å². The molecule has 4 heteroatoms. The molecule has 0 saturated carbocycles. The minimum Gasteiger partial charge on any atom is -0.493 e. The maximum absolute atomic E-state index is 10.7. The lowest BCUT2D eigenvalue weighted by Crippen LogP contribution is -2.21. The molecule has 1 amide bonds. The molecule has 1 atom stereocenters. The van der Waals surface area contributed by atoms with E-state index in [0.717, 1.165) is 24.3 Å². The Kier molecular flexibility index (Phi) is 6.22. The number of ether oxygens (including phenoxy) is 1. The standard InChI is InChI=1S/C14H22N2O2/c1-3-12(16-4-2)11-7-5-6-8-13(11)18-10-9-14(15)17/h5-8,12,16H,3-4,9-10H2,1-2H3,(H2,15,17). The van der Waals surface area contributed by atoms with E-state index in [1.807, 2.05) is 18.2 Å². The number of carbonyl (C=O) groups is 1. The molecule has 1 rings (SSSR count). The molecule has 4 nitrogen and oxygen atoms in total. The van der Waals surface area contributed by atoms with E-state index in [2.05, 4.69) is 25.2 Å². The Hall–Kier alpha value is -1.55. The van der Waals surface area contributed by atoms with Gasteiger partial charge in [-0.25, -0.2) is 0 Å². The summed E-state index contributed by atoms with van der Waals surface area (Å²) in [6.07, 6.45) is 1.23. The second kappa shape index (κ2) is 7.71. The van der Waals surface area contributed by atoms with Gasteiger partial charge in [0.15, 0.2) is 0 Å². The van der Waals surface area contributed by atoms with Crippen molar-refractivity contribution in [1.82, 2.24) is 5.32 Å². The fourth-order valence-corrected chi connectivity index (χ4v) is 1.88. The van der Waals surface area contributed by atoms with Crippen LogP contribution in [0.15, 0.2) is 24.3 Å². The van der Waals surface area contributed by atoms with E-state index in [4.69, 9.17) is 10.5 Å². The van der Waals surface area contributed by atoms with E-state index in [-0.39, 0.29) is 18.4 Å². The lowest BCUT2D eigenvalue weighted by Gasteiger charge is -2.19. The topological polar surface area (TPSA) is 64.3 Å². The number of amides is 1. The Morgan fingerprint density at radius 1 is 1.39 bits per heavy atom. The summed E-state index contributed by atoms with van der Waals surface area (Å²) >= 11 is 0. The van der Waals surface area contributed by atoms with Gasteiger partial charge >= 0.3 is 0 Å². The highest BCUT2D eigenvalue weighted by Gasteiger charge is 2.13. The summed E-state index contributed by atoms with van der Waals surface area (Å²) in [6.45, 7) is 5.45. The van der Waals surface area contributed by atoms with Gasteiger partial charge in [-0.1, -0.05) is 32.0 Å². The van der Waals surface area contributed by atoms with Crippen LogP contribution in [-0.2, 0) is 4.79 Å². The molecule has 0 aromatic heterocycles. The van der Waals surface area contributed by atoms with Gasteiger partial charge in [0.05, 0.1) is 13.0 Å². The molecule has 0 spiro atoms. The average molecular weight is 250 g/mol. The first-order valence-electron chi connectivity index (χ1n) is 6.42. The molecular formula is C14H22N2O2. The Bertz CT molecular complexity index is 380. The lowest BCUT2D eigenvalue weighted by molar-refractivity contribution is -0.118. The molecule has 0 aliphatic heterocycles. The molecular weight excluding hydrogens is 228 g/mol. The van der Waals surface area contributed by atoms with Gasteiger partial charge in [-0.15, -0.1) is 0 Å². The molecule has 1 aromatic carbocycles. The number of carbonyl (C=O) groups excluding carboxylic acids is 1. The Labute approximate surface area is 109 Å². The summed E-state index contributed by atoms with van der Waals surface area (Å²) in [5.74, 6) is 0.484. The molecule has 0 aliphatic rings. The Balaban J connectivity index is 2.74. The molecule has 18 heavy (non-hydrogen) atoms. The molecule has 1 aromatic rings. The van der Waals surface area contributed by atoms with Crippen LogP contribution in [0.4, 0.5) is 0 Å². The smallest absolute Gasteiger partial charge is 0.220 e. The van der Waals surface area contributed by atoms with Crippen LogP contribution < -0.4 is 15.8 Å². The third kappa shape index (κ3) is 4.37. The van der Waals surface area contributed by atoms with E-state index >= 15 is 0 Å². The SMILES string of the molecule is CCNC(CC)c1ccccc1OCCC(N)=O. The van der Waals surface area contributed by atoms with Gasteiger partial charge in [0.2, 0.25) is 5.91 Å². The molecule has 100 valence electrons. The van der Waals surface area contributed by atoms with E-state index in [1.54, 1.807) is 0 Å². The van der Waals surface area contributed by atoms with Crippen molar-refractivity contribution >= 4 is 5.91 Å². The number of nitrogens with one attached hydrogen (secondary N) is 1. The first-order chi connectivity index (χ1) is 8.69. The van der Waals surface area contributed by atoms with Crippen LogP contribution in [-0.4, -0.2) is 19.1 Å². The van der Waals surface area contributed by atoms with Crippen LogP contribution in [0, 0.1) is 0 Å². The highest BCUT2D eigenvalue weighted by molar-refractivity contribution is 5.73. The number of nitrogens with two attached hydrogens (primary N) is 1. The summed E-state index contributed by atoms with van der Waals surface area (Å²) in [5, 5.41) is 3.42. The van der Waals surface area contributed by atoms with E-state index in [0.29, 0.717) is 6.61 Å². The van der Waals surface area contributed by atoms with Crippen molar-refractivity contribution in [2.45, 2.75) is 32.7 Å². The van der Waals surface area contributed by atoms with Gasteiger partial charge in [-0.2, -0.15) is 0 Å². The minimum atomic E-state index is -0.341. The Morgan fingerprint density at radius 2 is 2.11 bits per heavy atom. The predicted octanol–water partition coefficient (Wildman–Crippen LogP) is 2.00. The van der Waals surface area contributed by atoms with Crippen molar-refractivity contribution in [2.24, 2.45) is 5.73 Å². The number of hydrogen-bond acceptors (Lipinski definition) is 3. The van der Waals surface area contributed by atoms with Crippen LogP contribution in [0.2, 0.25) is 0 Å². The van der Waals surface area contributed by atoms with Crippen molar-refractivity contribution in [1.29, 1.82) is 0 Å². The molecule has 0 fully saturated rings. The van der Waals surface area contributed by atoms with Crippen molar-refractivity contribution < 1.29 is 9.53 Å². The van der Waals surface area contributed by atoms with Crippen LogP contribution >= 0.6 is 0 Å². The van der Waals surface area contributed by atoms with Crippen molar-refractivity contribution in [3.63, 3.8) is 0 Å². The fourth-order valence-electron chi connectivity index (χ4n) is 1.88. The lowest BCUT2D eigenvalue weighted by atomic mass is 10.0. The number of hydrogen-bond donors (Lipinski definition) is 2. The predicted molar refractivity (Wildman–Crippen MR) is 72.5 cm³/mol. The van der Waals surface area contributed by atoms with Gasteiger partial charge in [0, 0.05) is 11.6 Å². The average Bonchev–Trinajstić information content (AvgIpc) is 2.36.